The molecule has 0 amide bonds. The van der Waals surface area contributed by atoms with Gasteiger partial charge in [0.15, 0.2) is 11.5 Å². The second-order valence-electron chi connectivity index (χ2n) is 4.56. The van der Waals surface area contributed by atoms with Crippen molar-refractivity contribution in [2.45, 2.75) is 6.92 Å². The Kier molecular flexibility index (Phi) is 3.06. The number of aromatic hydroxyl groups is 2. The lowest BCUT2D eigenvalue weighted by molar-refractivity contribution is 0.351. The molecule has 7 heteroatoms. The molecule has 0 radical (unpaired) electrons. The minimum atomic E-state index is -0.350. The van der Waals surface area contributed by atoms with E-state index in [1.165, 1.54) is 30.6 Å². The number of aromatic amines is 1. The molecular weight excluding hydrogens is 292 g/mol. The number of phenolic OH excluding ortho intramolecular Hbond substituents is 2. The van der Waals surface area contributed by atoms with Crippen molar-refractivity contribution in [1.29, 1.82) is 0 Å². The molecule has 0 fully saturated rings. The Labute approximate surface area is 123 Å². The van der Waals surface area contributed by atoms with Gasteiger partial charge in [0.1, 0.15) is 10.7 Å². The van der Waals surface area contributed by atoms with Crippen LogP contribution in [-0.4, -0.2) is 27.3 Å². The maximum atomic E-state index is 12.1. The van der Waals surface area contributed by atoms with Gasteiger partial charge in [0, 0.05) is 5.56 Å². The second kappa shape index (κ2) is 4.78. The van der Waals surface area contributed by atoms with Gasteiger partial charge >= 0.3 is 0 Å². The fourth-order valence-corrected chi connectivity index (χ4v) is 3.03. The summed E-state index contributed by atoms with van der Waals surface area (Å²) in [6, 6.07) is 2.82. The van der Waals surface area contributed by atoms with E-state index in [4.69, 9.17) is 4.74 Å². The van der Waals surface area contributed by atoms with Crippen LogP contribution in [0, 0.1) is 6.92 Å². The van der Waals surface area contributed by atoms with Gasteiger partial charge in [-0.1, -0.05) is 0 Å². The van der Waals surface area contributed by atoms with Crippen LogP contribution in [-0.2, 0) is 0 Å². The lowest BCUT2D eigenvalue weighted by Gasteiger charge is -2.08. The summed E-state index contributed by atoms with van der Waals surface area (Å²) in [7, 11) is 1.38. The smallest absolute Gasteiger partial charge is 0.260 e. The highest BCUT2D eigenvalue weighted by atomic mass is 32.1. The lowest BCUT2D eigenvalue weighted by Crippen LogP contribution is -2.09. The summed E-state index contributed by atoms with van der Waals surface area (Å²) in [5.41, 5.74) is 1.09. The fourth-order valence-electron chi connectivity index (χ4n) is 2.11. The zero-order valence-electron chi connectivity index (χ0n) is 11.3. The molecule has 2 aromatic heterocycles. The van der Waals surface area contributed by atoms with Crippen molar-refractivity contribution < 1.29 is 14.9 Å². The summed E-state index contributed by atoms with van der Waals surface area (Å²) in [5.74, 6) is -0.274. The van der Waals surface area contributed by atoms with E-state index in [-0.39, 0.29) is 22.8 Å². The molecule has 0 aliphatic carbocycles. The van der Waals surface area contributed by atoms with Crippen LogP contribution in [0.15, 0.2) is 22.3 Å². The van der Waals surface area contributed by atoms with Gasteiger partial charge in [0.05, 0.1) is 12.5 Å². The molecule has 0 bridgehead atoms. The quantitative estimate of drug-likeness (QED) is 0.632. The number of nitrogens with zero attached hydrogens (tertiary/aromatic N) is 1. The normalized spacial score (nSPS) is 11.0. The number of benzene rings is 1. The van der Waals surface area contributed by atoms with E-state index >= 15 is 0 Å². The number of phenols is 2. The van der Waals surface area contributed by atoms with Gasteiger partial charge in [-0.3, -0.25) is 4.79 Å². The molecule has 3 aromatic rings. The summed E-state index contributed by atoms with van der Waals surface area (Å²) < 4.78 is 4.98. The molecule has 6 nitrogen and oxygen atoms in total. The molecule has 0 unspecified atom stereocenters. The maximum absolute atomic E-state index is 12.1. The van der Waals surface area contributed by atoms with Gasteiger partial charge in [-0.15, -0.1) is 11.3 Å². The minimum absolute atomic E-state index is 0.107. The number of aryl methyl sites for hydroxylation is 1. The fraction of sp³-hybridized carbons (Fsp3) is 0.143. The third kappa shape index (κ3) is 2.11. The van der Waals surface area contributed by atoms with Crippen LogP contribution in [0.25, 0.3) is 21.6 Å². The van der Waals surface area contributed by atoms with E-state index < -0.39 is 0 Å². The van der Waals surface area contributed by atoms with Crippen LogP contribution in [0.1, 0.15) is 5.56 Å². The Morgan fingerprint density at radius 3 is 2.81 bits per heavy atom. The standard InChI is InChI=1S/C14H12N2O4S/c1-6-5-21-14-10(6)13(19)15-12(16-14)7-3-8(17)11(18)9(4-7)20-2/h3-5,17-18H,1-2H3,(H,15,16,19). The predicted octanol–water partition coefficient (Wildman–Crippen LogP) is 2.38. The first-order valence-corrected chi connectivity index (χ1v) is 6.97. The van der Waals surface area contributed by atoms with Gasteiger partial charge in [-0.05, 0) is 30.0 Å². The number of ether oxygens (including phenoxy) is 1. The SMILES string of the molecule is COc1cc(-c2nc3scc(C)c3c(=O)[nH]2)cc(O)c1O. The van der Waals surface area contributed by atoms with Crippen molar-refractivity contribution in [3.8, 4) is 28.6 Å². The third-order valence-electron chi connectivity index (χ3n) is 3.18. The highest BCUT2D eigenvalue weighted by Gasteiger charge is 2.14. The number of thiophene rings is 1. The highest BCUT2D eigenvalue weighted by molar-refractivity contribution is 7.16. The van der Waals surface area contributed by atoms with Crippen LogP contribution in [0.5, 0.6) is 17.2 Å². The first kappa shape index (κ1) is 13.4. The predicted molar refractivity (Wildman–Crippen MR) is 80.3 cm³/mol. The van der Waals surface area contributed by atoms with Crippen LogP contribution in [0.4, 0.5) is 0 Å². The van der Waals surface area contributed by atoms with Crippen LogP contribution in [0.3, 0.4) is 0 Å². The van der Waals surface area contributed by atoms with Crippen molar-refractivity contribution in [3.63, 3.8) is 0 Å². The van der Waals surface area contributed by atoms with Gasteiger partial charge in [0.2, 0.25) is 5.75 Å². The van der Waals surface area contributed by atoms with E-state index in [2.05, 4.69) is 9.97 Å². The van der Waals surface area contributed by atoms with Gasteiger partial charge in [0.25, 0.3) is 5.56 Å². The molecule has 0 saturated heterocycles. The number of hydrogen-bond donors (Lipinski definition) is 3. The zero-order valence-corrected chi connectivity index (χ0v) is 12.1. The Morgan fingerprint density at radius 2 is 2.10 bits per heavy atom. The Balaban J connectivity index is 2.26. The summed E-state index contributed by atoms with van der Waals surface area (Å²) in [6.07, 6.45) is 0. The molecule has 0 saturated carbocycles. The first-order chi connectivity index (χ1) is 10.0. The molecule has 0 spiro atoms. The average Bonchev–Trinajstić information content (AvgIpc) is 2.83. The number of H-pyrrole nitrogens is 1. The molecular formula is C14H12N2O4S. The summed E-state index contributed by atoms with van der Waals surface area (Å²) in [6.45, 7) is 1.85. The number of rotatable bonds is 2. The van der Waals surface area contributed by atoms with E-state index in [0.717, 1.165) is 5.56 Å². The van der Waals surface area contributed by atoms with Gasteiger partial charge in [-0.2, -0.15) is 0 Å². The van der Waals surface area contributed by atoms with Crippen LogP contribution in [0.2, 0.25) is 0 Å². The summed E-state index contributed by atoms with van der Waals surface area (Å²) >= 11 is 1.38. The largest absolute Gasteiger partial charge is 0.504 e. The Morgan fingerprint density at radius 1 is 1.33 bits per heavy atom. The Hall–Kier alpha value is -2.54. The number of aromatic nitrogens is 2. The van der Waals surface area contributed by atoms with Crippen molar-refractivity contribution in [2.24, 2.45) is 0 Å². The van der Waals surface area contributed by atoms with Crippen LogP contribution < -0.4 is 10.3 Å². The molecule has 0 aliphatic heterocycles. The third-order valence-corrected chi connectivity index (χ3v) is 4.17. The molecule has 1 aromatic carbocycles. The molecule has 0 aliphatic rings. The highest BCUT2D eigenvalue weighted by Crippen LogP contribution is 2.38. The first-order valence-electron chi connectivity index (χ1n) is 6.09. The molecule has 21 heavy (non-hydrogen) atoms. The monoisotopic (exact) mass is 304 g/mol. The van der Waals surface area contributed by atoms with Crippen LogP contribution >= 0.6 is 11.3 Å². The lowest BCUT2D eigenvalue weighted by atomic mass is 10.1. The van der Waals surface area contributed by atoms with E-state index in [0.29, 0.717) is 21.6 Å². The molecule has 2 heterocycles. The van der Waals surface area contributed by atoms with E-state index in [1.807, 2.05) is 12.3 Å². The summed E-state index contributed by atoms with van der Waals surface area (Å²) in [5, 5.41) is 21.8. The van der Waals surface area contributed by atoms with Crippen molar-refractivity contribution in [1.82, 2.24) is 9.97 Å². The van der Waals surface area contributed by atoms with Crippen molar-refractivity contribution in [2.75, 3.05) is 7.11 Å². The number of nitrogens with one attached hydrogen (secondary N) is 1. The van der Waals surface area contributed by atoms with E-state index in [1.54, 1.807) is 0 Å². The van der Waals surface area contributed by atoms with Crippen molar-refractivity contribution in [3.05, 3.63) is 33.4 Å². The number of methoxy groups -OCH3 is 1. The van der Waals surface area contributed by atoms with Gasteiger partial charge < -0.3 is 19.9 Å². The topological polar surface area (TPSA) is 95.4 Å². The molecule has 108 valence electrons. The molecule has 0 atom stereocenters. The van der Waals surface area contributed by atoms with Gasteiger partial charge in [-0.25, -0.2) is 4.98 Å². The summed E-state index contributed by atoms with van der Waals surface area (Å²) in [4.78, 5) is 19.8. The maximum Gasteiger partial charge on any atom is 0.260 e. The second-order valence-corrected chi connectivity index (χ2v) is 5.42. The zero-order chi connectivity index (χ0) is 15.1. The molecule has 3 rings (SSSR count). The van der Waals surface area contributed by atoms with E-state index in [9.17, 15) is 15.0 Å². The number of fused-ring (bicyclic) bond motifs is 1. The Bertz CT molecular complexity index is 898. The molecule has 3 N–H and O–H groups in total. The number of hydrogen-bond acceptors (Lipinski definition) is 6. The minimum Gasteiger partial charge on any atom is -0.504 e. The average molecular weight is 304 g/mol. The van der Waals surface area contributed by atoms with Crippen molar-refractivity contribution >= 4 is 21.6 Å².